The van der Waals surface area contributed by atoms with Gasteiger partial charge in [-0.3, -0.25) is 4.79 Å². The van der Waals surface area contributed by atoms with Crippen LogP contribution in [0.25, 0.3) is 0 Å². The van der Waals surface area contributed by atoms with Crippen LogP contribution in [-0.2, 0) is 17.8 Å². The summed E-state index contributed by atoms with van der Waals surface area (Å²) in [5.74, 6) is -0.119. The number of carbonyl (C=O) groups excluding carboxylic acids is 1. The van der Waals surface area contributed by atoms with E-state index in [4.69, 9.17) is 9.63 Å². The monoisotopic (exact) mass is 289 g/mol. The summed E-state index contributed by atoms with van der Waals surface area (Å²) in [5, 5.41) is 15.2. The average molecular weight is 289 g/mol. The number of carboxylic acids is 1. The SMILES string of the molecule is Cc1noc(CCC(=O)NCc2ccc(C(=O)O)cc2)n1. The number of carbonyl (C=O) groups is 2. The molecule has 1 aromatic heterocycles. The number of rotatable bonds is 6. The average Bonchev–Trinajstić information content (AvgIpc) is 2.89. The van der Waals surface area contributed by atoms with Gasteiger partial charge >= 0.3 is 5.97 Å². The minimum atomic E-state index is -0.972. The lowest BCUT2D eigenvalue weighted by atomic mass is 10.1. The fourth-order valence-corrected chi connectivity index (χ4v) is 1.72. The van der Waals surface area contributed by atoms with Crippen LogP contribution in [0.3, 0.4) is 0 Å². The van der Waals surface area contributed by atoms with Crippen LogP contribution in [0.5, 0.6) is 0 Å². The summed E-state index contributed by atoms with van der Waals surface area (Å²) in [7, 11) is 0. The van der Waals surface area contributed by atoms with E-state index in [1.165, 1.54) is 12.1 Å². The normalized spacial score (nSPS) is 10.3. The minimum Gasteiger partial charge on any atom is -0.478 e. The van der Waals surface area contributed by atoms with Crippen LogP contribution in [0.15, 0.2) is 28.8 Å². The van der Waals surface area contributed by atoms with Crippen LogP contribution >= 0.6 is 0 Å². The molecule has 0 unspecified atom stereocenters. The maximum absolute atomic E-state index is 11.7. The summed E-state index contributed by atoms with van der Waals surface area (Å²) in [6, 6.07) is 6.35. The van der Waals surface area contributed by atoms with Crippen LogP contribution in [0.1, 0.15) is 34.1 Å². The zero-order valence-corrected chi connectivity index (χ0v) is 11.5. The van der Waals surface area contributed by atoms with Gasteiger partial charge in [-0.1, -0.05) is 17.3 Å². The van der Waals surface area contributed by atoms with Crippen molar-refractivity contribution in [1.29, 1.82) is 0 Å². The molecule has 2 N–H and O–H groups in total. The summed E-state index contributed by atoms with van der Waals surface area (Å²) in [6.45, 7) is 2.06. The maximum Gasteiger partial charge on any atom is 0.335 e. The van der Waals surface area contributed by atoms with E-state index in [1.807, 2.05) is 0 Å². The Morgan fingerprint density at radius 1 is 1.29 bits per heavy atom. The number of nitrogens with one attached hydrogen (secondary N) is 1. The molecule has 1 heterocycles. The first-order chi connectivity index (χ1) is 10.0. The molecule has 0 atom stereocenters. The molecular formula is C14H15N3O4. The van der Waals surface area contributed by atoms with Gasteiger partial charge in [-0.2, -0.15) is 4.98 Å². The van der Waals surface area contributed by atoms with Crippen LogP contribution in [0, 0.1) is 6.92 Å². The highest BCUT2D eigenvalue weighted by molar-refractivity contribution is 5.87. The molecule has 0 radical (unpaired) electrons. The number of carboxylic acid groups (broad SMARTS) is 1. The van der Waals surface area contributed by atoms with Gasteiger partial charge in [0, 0.05) is 19.4 Å². The number of hydrogen-bond donors (Lipinski definition) is 2. The standard InChI is InChI=1S/C14H15N3O4/c1-9-16-13(21-17-9)7-6-12(18)15-8-10-2-4-11(5-3-10)14(19)20/h2-5H,6-8H2,1H3,(H,15,18)(H,19,20). The second-order valence-electron chi connectivity index (χ2n) is 4.51. The fourth-order valence-electron chi connectivity index (χ4n) is 1.72. The molecule has 2 aromatic rings. The Bertz CT molecular complexity index is 634. The first kappa shape index (κ1) is 14.7. The number of amides is 1. The van der Waals surface area contributed by atoms with Crippen molar-refractivity contribution >= 4 is 11.9 Å². The van der Waals surface area contributed by atoms with E-state index in [-0.39, 0.29) is 17.9 Å². The van der Waals surface area contributed by atoms with Gasteiger partial charge in [0.25, 0.3) is 0 Å². The van der Waals surface area contributed by atoms with E-state index in [1.54, 1.807) is 19.1 Å². The first-order valence-electron chi connectivity index (χ1n) is 6.42. The summed E-state index contributed by atoms with van der Waals surface area (Å²) >= 11 is 0. The van der Waals surface area contributed by atoms with E-state index >= 15 is 0 Å². The highest BCUT2D eigenvalue weighted by Gasteiger charge is 2.07. The van der Waals surface area contributed by atoms with Gasteiger partial charge in [0.2, 0.25) is 11.8 Å². The molecule has 0 saturated heterocycles. The minimum absolute atomic E-state index is 0.131. The van der Waals surface area contributed by atoms with Crippen LogP contribution in [0.4, 0.5) is 0 Å². The van der Waals surface area contributed by atoms with Crippen molar-refractivity contribution in [3.05, 3.63) is 47.1 Å². The summed E-state index contributed by atoms with van der Waals surface area (Å²) in [4.78, 5) is 26.4. The topological polar surface area (TPSA) is 105 Å². The Balaban J connectivity index is 1.77. The first-order valence-corrected chi connectivity index (χ1v) is 6.42. The molecule has 0 bridgehead atoms. The zero-order chi connectivity index (χ0) is 15.2. The van der Waals surface area contributed by atoms with Crippen molar-refractivity contribution < 1.29 is 19.2 Å². The zero-order valence-electron chi connectivity index (χ0n) is 11.5. The number of aryl methyl sites for hydroxylation is 2. The molecule has 0 aliphatic rings. The molecule has 2 rings (SSSR count). The van der Waals surface area contributed by atoms with E-state index in [9.17, 15) is 9.59 Å². The predicted molar refractivity (Wildman–Crippen MR) is 72.6 cm³/mol. The number of aromatic carboxylic acids is 1. The molecule has 110 valence electrons. The van der Waals surface area contributed by atoms with Crippen molar-refractivity contribution in [2.75, 3.05) is 0 Å². The molecule has 1 aromatic carbocycles. The highest BCUT2D eigenvalue weighted by atomic mass is 16.5. The summed E-state index contributed by atoms with van der Waals surface area (Å²) < 4.78 is 4.92. The van der Waals surface area contributed by atoms with Crippen molar-refractivity contribution in [3.8, 4) is 0 Å². The third kappa shape index (κ3) is 4.41. The lowest BCUT2D eigenvalue weighted by molar-refractivity contribution is -0.121. The second kappa shape index (κ2) is 6.65. The quantitative estimate of drug-likeness (QED) is 0.831. The van der Waals surface area contributed by atoms with Crippen molar-refractivity contribution in [3.63, 3.8) is 0 Å². The lowest BCUT2D eigenvalue weighted by Crippen LogP contribution is -2.23. The number of nitrogens with zero attached hydrogens (tertiary/aromatic N) is 2. The third-order valence-electron chi connectivity index (χ3n) is 2.83. The molecule has 0 spiro atoms. The van der Waals surface area contributed by atoms with Gasteiger partial charge in [-0.05, 0) is 24.6 Å². The van der Waals surface area contributed by atoms with Crippen LogP contribution < -0.4 is 5.32 Å². The van der Waals surface area contributed by atoms with Crippen LogP contribution in [0.2, 0.25) is 0 Å². The molecule has 0 aliphatic carbocycles. The van der Waals surface area contributed by atoms with Crippen LogP contribution in [-0.4, -0.2) is 27.1 Å². The Morgan fingerprint density at radius 3 is 2.57 bits per heavy atom. The Labute approximate surface area is 121 Å². The van der Waals surface area contributed by atoms with E-state index in [0.29, 0.717) is 24.7 Å². The van der Waals surface area contributed by atoms with Gasteiger partial charge in [-0.15, -0.1) is 0 Å². The highest BCUT2D eigenvalue weighted by Crippen LogP contribution is 2.05. The molecular weight excluding hydrogens is 274 g/mol. The van der Waals surface area contributed by atoms with Crippen molar-refractivity contribution in [2.24, 2.45) is 0 Å². The molecule has 21 heavy (non-hydrogen) atoms. The summed E-state index contributed by atoms with van der Waals surface area (Å²) in [5.41, 5.74) is 1.05. The van der Waals surface area contributed by atoms with Crippen molar-refractivity contribution in [2.45, 2.75) is 26.3 Å². The molecule has 0 aliphatic heterocycles. The van der Waals surface area contributed by atoms with Gasteiger partial charge < -0.3 is 14.9 Å². The second-order valence-corrected chi connectivity index (χ2v) is 4.51. The van der Waals surface area contributed by atoms with Gasteiger partial charge in [0.1, 0.15) is 0 Å². The largest absolute Gasteiger partial charge is 0.478 e. The summed E-state index contributed by atoms with van der Waals surface area (Å²) in [6.07, 6.45) is 0.652. The lowest BCUT2D eigenvalue weighted by Gasteiger charge is -2.04. The van der Waals surface area contributed by atoms with Crippen molar-refractivity contribution in [1.82, 2.24) is 15.5 Å². The Kier molecular flexibility index (Phi) is 4.65. The third-order valence-corrected chi connectivity index (χ3v) is 2.83. The maximum atomic E-state index is 11.7. The molecule has 7 nitrogen and oxygen atoms in total. The molecule has 0 saturated carbocycles. The Hall–Kier alpha value is -2.70. The predicted octanol–water partition coefficient (Wildman–Crippen LogP) is 1.33. The Morgan fingerprint density at radius 2 is 2.00 bits per heavy atom. The number of benzene rings is 1. The van der Waals surface area contributed by atoms with Gasteiger partial charge in [-0.25, -0.2) is 4.79 Å². The number of hydrogen-bond acceptors (Lipinski definition) is 5. The molecule has 1 amide bonds. The smallest absolute Gasteiger partial charge is 0.335 e. The van der Waals surface area contributed by atoms with E-state index in [2.05, 4.69) is 15.5 Å². The van der Waals surface area contributed by atoms with Gasteiger partial charge in [0.05, 0.1) is 5.56 Å². The van der Waals surface area contributed by atoms with Gasteiger partial charge in [0.15, 0.2) is 5.82 Å². The van der Waals surface area contributed by atoms with E-state index in [0.717, 1.165) is 5.56 Å². The van der Waals surface area contributed by atoms with E-state index < -0.39 is 5.97 Å². The molecule has 7 heteroatoms. The molecule has 0 fully saturated rings. The number of aromatic nitrogens is 2. The fraction of sp³-hybridized carbons (Fsp3) is 0.286.